The maximum atomic E-state index is 9.77. The standard InChI is InChI=1S/C16H13NOS/c18-15-7-3-4-8-16(15)19-11-12-9-10-17-14-6-2-1-5-13(12)14/h1-10,18H,11H2. The molecule has 0 atom stereocenters. The molecule has 0 aliphatic carbocycles. The molecule has 0 spiro atoms. The molecule has 3 rings (SSSR count). The summed E-state index contributed by atoms with van der Waals surface area (Å²) in [5.41, 5.74) is 2.25. The second-order valence-electron chi connectivity index (χ2n) is 4.24. The van der Waals surface area contributed by atoms with Crippen molar-refractivity contribution in [2.24, 2.45) is 0 Å². The predicted molar refractivity (Wildman–Crippen MR) is 79.4 cm³/mol. The minimum atomic E-state index is 0.339. The van der Waals surface area contributed by atoms with Crippen molar-refractivity contribution in [3.63, 3.8) is 0 Å². The van der Waals surface area contributed by atoms with Gasteiger partial charge in [-0.25, -0.2) is 0 Å². The van der Waals surface area contributed by atoms with Crippen molar-refractivity contribution in [2.75, 3.05) is 0 Å². The Morgan fingerprint density at radius 3 is 2.63 bits per heavy atom. The first kappa shape index (κ1) is 12.1. The molecule has 1 N–H and O–H groups in total. The molecule has 2 aromatic carbocycles. The second kappa shape index (κ2) is 5.33. The lowest BCUT2D eigenvalue weighted by molar-refractivity contribution is 0.462. The molecule has 0 aliphatic rings. The maximum Gasteiger partial charge on any atom is 0.129 e. The monoisotopic (exact) mass is 267 g/mol. The van der Waals surface area contributed by atoms with Crippen LogP contribution in [0, 0.1) is 0 Å². The van der Waals surface area contributed by atoms with Crippen LogP contribution in [0.2, 0.25) is 0 Å². The van der Waals surface area contributed by atoms with Gasteiger partial charge in [0.05, 0.1) is 5.52 Å². The van der Waals surface area contributed by atoms with E-state index < -0.39 is 0 Å². The fourth-order valence-corrected chi connectivity index (χ4v) is 2.97. The number of aromatic hydroxyl groups is 1. The largest absolute Gasteiger partial charge is 0.507 e. The van der Waals surface area contributed by atoms with Gasteiger partial charge in [-0.3, -0.25) is 4.98 Å². The third-order valence-electron chi connectivity index (χ3n) is 2.99. The van der Waals surface area contributed by atoms with Crippen LogP contribution in [0.15, 0.2) is 65.7 Å². The van der Waals surface area contributed by atoms with Gasteiger partial charge in [0, 0.05) is 22.2 Å². The topological polar surface area (TPSA) is 33.1 Å². The molecule has 94 valence electrons. The quantitative estimate of drug-likeness (QED) is 0.721. The Morgan fingerprint density at radius 1 is 0.947 bits per heavy atom. The van der Waals surface area contributed by atoms with E-state index in [0.717, 1.165) is 16.2 Å². The lowest BCUT2D eigenvalue weighted by Gasteiger charge is -2.07. The van der Waals surface area contributed by atoms with Crippen molar-refractivity contribution in [1.29, 1.82) is 0 Å². The highest BCUT2D eigenvalue weighted by Crippen LogP contribution is 2.31. The SMILES string of the molecule is Oc1ccccc1SCc1ccnc2ccccc12. The average Bonchev–Trinajstić information content (AvgIpc) is 2.46. The van der Waals surface area contributed by atoms with E-state index in [2.05, 4.69) is 11.1 Å². The third kappa shape index (κ3) is 2.56. The van der Waals surface area contributed by atoms with E-state index in [-0.39, 0.29) is 0 Å². The molecular formula is C16H13NOS. The molecule has 0 aliphatic heterocycles. The van der Waals surface area contributed by atoms with Crippen LogP contribution >= 0.6 is 11.8 Å². The summed E-state index contributed by atoms with van der Waals surface area (Å²) < 4.78 is 0. The molecule has 3 aromatic rings. The molecule has 0 bridgehead atoms. The molecule has 0 unspecified atom stereocenters. The number of fused-ring (bicyclic) bond motifs is 1. The number of hydrogen-bond donors (Lipinski definition) is 1. The van der Waals surface area contributed by atoms with Gasteiger partial charge in [0.2, 0.25) is 0 Å². The Kier molecular flexibility index (Phi) is 3.38. The van der Waals surface area contributed by atoms with Gasteiger partial charge in [-0.15, -0.1) is 11.8 Å². The van der Waals surface area contributed by atoms with E-state index >= 15 is 0 Å². The van der Waals surface area contributed by atoms with Gasteiger partial charge in [-0.05, 0) is 29.8 Å². The number of thioether (sulfide) groups is 1. The van der Waals surface area contributed by atoms with E-state index in [1.807, 2.05) is 48.7 Å². The van der Waals surface area contributed by atoms with E-state index in [1.54, 1.807) is 17.8 Å². The number of phenolic OH excluding ortho intramolecular Hbond substituents is 1. The van der Waals surface area contributed by atoms with Crippen LogP contribution < -0.4 is 0 Å². The average molecular weight is 267 g/mol. The summed E-state index contributed by atoms with van der Waals surface area (Å²) in [5, 5.41) is 10.9. The van der Waals surface area contributed by atoms with Crippen LogP contribution in [0.25, 0.3) is 10.9 Å². The number of aromatic nitrogens is 1. The van der Waals surface area contributed by atoms with Crippen LogP contribution in [0.4, 0.5) is 0 Å². The molecule has 1 heterocycles. The zero-order chi connectivity index (χ0) is 13.1. The summed E-state index contributed by atoms with van der Waals surface area (Å²) in [6, 6.07) is 17.6. The Hall–Kier alpha value is -2.00. The zero-order valence-corrected chi connectivity index (χ0v) is 11.1. The molecule has 3 heteroatoms. The molecule has 2 nitrogen and oxygen atoms in total. The predicted octanol–water partition coefficient (Wildman–Crippen LogP) is 4.23. The minimum absolute atomic E-state index is 0.339. The summed E-state index contributed by atoms with van der Waals surface area (Å²) in [5.74, 6) is 1.16. The summed E-state index contributed by atoms with van der Waals surface area (Å²) in [4.78, 5) is 5.26. The molecule has 0 radical (unpaired) electrons. The van der Waals surface area contributed by atoms with E-state index in [0.29, 0.717) is 5.75 Å². The van der Waals surface area contributed by atoms with Gasteiger partial charge in [-0.2, -0.15) is 0 Å². The first-order valence-electron chi connectivity index (χ1n) is 6.08. The first-order chi connectivity index (χ1) is 9.34. The highest BCUT2D eigenvalue weighted by Gasteiger charge is 2.04. The van der Waals surface area contributed by atoms with Crippen LogP contribution in [0.5, 0.6) is 5.75 Å². The van der Waals surface area contributed by atoms with E-state index in [4.69, 9.17) is 0 Å². The van der Waals surface area contributed by atoms with Crippen LogP contribution in [0.3, 0.4) is 0 Å². The summed E-state index contributed by atoms with van der Waals surface area (Å²) >= 11 is 1.64. The second-order valence-corrected chi connectivity index (χ2v) is 5.26. The van der Waals surface area contributed by atoms with Gasteiger partial charge in [-0.1, -0.05) is 30.3 Å². The number of pyridine rings is 1. The summed E-state index contributed by atoms with van der Waals surface area (Å²) in [7, 11) is 0. The van der Waals surface area contributed by atoms with Crippen LogP contribution in [-0.2, 0) is 5.75 Å². The number of hydrogen-bond acceptors (Lipinski definition) is 3. The van der Waals surface area contributed by atoms with E-state index in [1.165, 1.54) is 10.9 Å². The van der Waals surface area contributed by atoms with E-state index in [9.17, 15) is 5.11 Å². The summed E-state index contributed by atoms with van der Waals surface area (Å²) in [6.45, 7) is 0. The van der Waals surface area contributed by atoms with Crippen molar-refractivity contribution in [3.8, 4) is 5.75 Å². The first-order valence-corrected chi connectivity index (χ1v) is 7.06. The number of para-hydroxylation sites is 2. The highest BCUT2D eigenvalue weighted by atomic mass is 32.2. The Morgan fingerprint density at radius 2 is 1.74 bits per heavy atom. The number of phenols is 1. The van der Waals surface area contributed by atoms with Crippen LogP contribution in [-0.4, -0.2) is 10.1 Å². The fourth-order valence-electron chi connectivity index (χ4n) is 2.02. The van der Waals surface area contributed by atoms with Crippen molar-refractivity contribution in [2.45, 2.75) is 10.6 Å². The fraction of sp³-hybridized carbons (Fsp3) is 0.0625. The van der Waals surface area contributed by atoms with Gasteiger partial charge < -0.3 is 5.11 Å². The molecule has 0 fully saturated rings. The lowest BCUT2D eigenvalue weighted by atomic mass is 10.1. The molecule has 0 amide bonds. The highest BCUT2D eigenvalue weighted by molar-refractivity contribution is 7.98. The maximum absolute atomic E-state index is 9.77. The van der Waals surface area contributed by atoms with Gasteiger partial charge in [0.25, 0.3) is 0 Å². The normalized spacial score (nSPS) is 10.7. The third-order valence-corrected chi connectivity index (χ3v) is 4.10. The summed E-state index contributed by atoms with van der Waals surface area (Å²) in [6.07, 6.45) is 1.84. The Labute approximate surface area is 116 Å². The minimum Gasteiger partial charge on any atom is -0.507 e. The number of nitrogens with zero attached hydrogens (tertiary/aromatic N) is 1. The Bertz CT molecular complexity index is 706. The van der Waals surface area contributed by atoms with Gasteiger partial charge in [0.1, 0.15) is 5.75 Å². The number of benzene rings is 2. The van der Waals surface area contributed by atoms with Crippen molar-refractivity contribution < 1.29 is 5.11 Å². The molecule has 0 saturated heterocycles. The lowest BCUT2D eigenvalue weighted by Crippen LogP contribution is -1.86. The van der Waals surface area contributed by atoms with Crippen molar-refractivity contribution >= 4 is 22.7 Å². The Balaban J connectivity index is 1.88. The molecule has 19 heavy (non-hydrogen) atoms. The van der Waals surface area contributed by atoms with Crippen LogP contribution in [0.1, 0.15) is 5.56 Å². The number of rotatable bonds is 3. The van der Waals surface area contributed by atoms with Crippen molar-refractivity contribution in [3.05, 3.63) is 66.4 Å². The smallest absolute Gasteiger partial charge is 0.129 e. The molecule has 1 aromatic heterocycles. The van der Waals surface area contributed by atoms with Gasteiger partial charge >= 0.3 is 0 Å². The molecular weight excluding hydrogens is 254 g/mol. The van der Waals surface area contributed by atoms with Crippen molar-refractivity contribution in [1.82, 2.24) is 4.98 Å². The zero-order valence-electron chi connectivity index (χ0n) is 10.3. The molecule has 0 saturated carbocycles. The van der Waals surface area contributed by atoms with Gasteiger partial charge in [0.15, 0.2) is 0 Å².